The van der Waals surface area contributed by atoms with Crippen LogP contribution in [-0.2, 0) is 4.74 Å². The standard InChI is InChI=1S/C19H16FN3O3S/c1-3-26-19(25)13-8-9-21-15(10-13)23-17(24)16-11(2)22-18(27-16)12-4-6-14(20)7-5-12/h4-10H,3H2,1-2H3,(H,21,23,24). The molecule has 0 aliphatic carbocycles. The Morgan fingerprint density at radius 1 is 1.22 bits per heavy atom. The number of rotatable bonds is 5. The lowest BCUT2D eigenvalue weighted by molar-refractivity contribution is 0.0526. The summed E-state index contributed by atoms with van der Waals surface area (Å²) < 4.78 is 18.0. The van der Waals surface area contributed by atoms with E-state index in [4.69, 9.17) is 4.74 Å². The summed E-state index contributed by atoms with van der Waals surface area (Å²) in [5, 5.41) is 3.28. The van der Waals surface area contributed by atoms with Crippen LogP contribution in [0.5, 0.6) is 0 Å². The molecule has 1 N–H and O–H groups in total. The molecule has 0 radical (unpaired) electrons. The lowest BCUT2D eigenvalue weighted by Crippen LogP contribution is -2.13. The second kappa shape index (κ2) is 8.05. The number of aryl methyl sites for hydroxylation is 1. The van der Waals surface area contributed by atoms with Crippen molar-refractivity contribution in [1.29, 1.82) is 0 Å². The van der Waals surface area contributed by atoms with Crippen LogP contribution in [0.2, 0.25) is 0 Å². The highest BCUT2D eigenvalue weighted by Gasteiger charge is 2.17. The van der Waals surface area contributed by atoms with Gasteiger partial charge in [-0.15, -0.1) is 11.3 Å². The minimum Gasteiger partial charge on any atom is -0.462 e. The molecule has 0 saturated carbocycles. The normalized spacial score (nSPS) is 10.5. The summed E-state index contributed by atoms with van der Waals surface area (Å²) in [4.78, 5) is 33.2. The zero-order valence-electron chi connectivity index (χ0n) is 14.7. The predicted octanol–water partition coefficient (Wildman–Crippen LogP) is 4.08. The van der Waals surface area contributed by atoms with E-state index in [2.05, 4.69) is 15.3 Å². The first-order chi connectivity index (χ1) is 13.0. The number of hydrogen-bond acceptors (Lipinski definition) is 6. The molecule has 2 heterocycles. The number of ether oxygens (including phenoxy) is 1. The maximum Gasteiger partial charge on any atom is 0.338 e. The number of nitrogens with one attached hydrogen (secondary N) is 1. The van der Waals surface area contributed by atoms with Gasteiger partial charge >= 0.3 is 5.97 Å². The van der Waals surface area contributed by atoms with Gasteiger partial charge in [0.25, 0.3) is 5.91 Å². The van der Waals surface area contributed by atoms with E-state index < -0.39 is 5.97 Å². The highest BCUT2D eigenvalue weighted by atomic mass is 32.1. The van der Waals surface area contributed by atoms with Crippen LogP contribution < -0.4 is 5.32 Å². The second-order valence-electron chi connectivity index (χ2n) is 5.54. The lowest BCUT2D eigenvalue weighted by Gasteiger charge is -2.05. The number of benzene rings is 1. The molecule has 0 bridgehead atoms. The molecule has 0 aliphatic heterocycles. The van der Waals surface area contributed by atoms with Crippen LogP contribution >= 0.6 is 11.3 Å². The van der Waals surface area contributed by atoms with E-state index in [0.29, 0.717) is 21.1 Å². The summed E-state index contributed by atoms with van der Waals surface area (Å²) in [5.41, 5.74) is 1.58. The van der Waals surface area contributed by atoms with Crippen LogP contribution in [0.25, 0.3) is 10.6 Å². The Hall–Kier alpha value is -3.13. The fraction of sp³-hybridized carbons (Fsp3) is 0.158. The third kappa shape index (κ3) is 4.35. The van der Waals surface area contributed by atoms with Crippen LogP contribution in [0.1, 0.15) is 32.6 Å². The second-order valence-corrected chi connectivity index (χ2v) is 6.54. The zero-order valence-corrected chi connectivity index (χ0v) is 15.5. The molecule has 0 fully saturated rings. The van der Waals surface area contributed by atoms with Gasteiger partial charge in [0, 0.05) is 11.8 Å². The van der Waals surface area contributed by atoms with E-state index in [-0.39, 0.29) is 24.1 Å². The Bertz CT molecular complexity index is 986. The van der Waals surface area contributed by atoms with Gasteiger partial charge in [-0.3, -0.25) is 4.79 Å². The average Bonchev–Trinajstić information content (AvgIpc) is 3.04. The van der Waals surface area contributed by atoms with Crippen molar-refractivity contribution in [3.05, 3.63) is 64.5 Å². The van der Waals surface area contributed by atoms with Crippen LogP contribution in [0.15, 0.2) is 42.6 Å². The summed E-state index contributed by atoms with van der Waals surface area (Å²) in [7, 11) is 0. The maximum absolute atomic E-state index is 13.1. The number of hydrogen-bond donors (Lipinski definition) is 1. The fourth-order valence-electron chi connectivity index (χ4n) is 2.34. The van der Waals surface area contributed by atoms with E-state index in [1.807, 2.05) is 0 Å². The van der Waals surface area contributed by atoms with Crippen molar-refractivity contribution >= 4 is 29.0 Å². The van der Waals surface area contributed by atoms with Crippen LogP contribution in [0.3, 0.4) is 0 Å². The van der Waals surface area contributed by atoms with Crippen LogP contribution in [0.4, 0.5) is 10.2 Å². The van der Waals surface area contributed by atoms with Gasteiger partial charge in [-0.2, -0.15) is 0 Å². The molecule has 0 unspecified atom stereocenters. The number of esters is 1. The van der Waals surface area contributed by atoms with Crippen molar-refractivity contribution in [2.75, 3.05) is 11.9 Å². The molecular weight excluding hydrogens is 369 g/mol. The molecular formula is C19H16FN3O3S. The number of thiazole rings is 1. The highest BCUT2D eigenvalue weighted by Crippen LogP contribution is 2.28. The summed E-state index contributed by atoms with van der Waals surface area (Å²) in [6.07, 6.45) is 1.42. The summed E-state index contributed by atoms with van der Waals surface area (Å²) in [5.74, 6) is -0.964. The average molecular weight is 385 g/mol. The Kier molecular flexibility index (Phi) is 5.56. The molecule has 3 rings (SSSR count). The number of aromatic nitrogens is 2. The van der Waals surface area contributed by atoms with Crippen molar-refractivity contribution in [3.63, 3.8) is 0 Å². The first-order valence-electron chi connectivity index (χ1n) is 8.16. The van der Waals surface area contributed by atoms with E-state index in [1.165, 1.54) is 41.8 Å². The van der Waals surface area contributed by atoms with Gasteiger partial charge in [0.15, 0.2) is 0 Å². The Morgan fingerprint density at radius 3 is 2.67 bits per heavy atom. The molecule has 0 saturated heterocycles. The molecule has 1 amide bonds. The van der Waals surface area contributed by atoms with Gasteiger partial charge in [0.1, 0.15) is 21.5 Å². The molecule has 3 aromatic rings. The van der Waals surface area contributed by atoms with Gasteiger partial charge in [-0.1, -0.05) is 0 Å². The quantitative estimate of drug-likeness (QED) is 0.669. The number of nitrogens with zero attached hydrogens (tertiary/aromatic N) is 2. The van der Waals surface area contributed by atoms with Gasteiger partial charge < -0.3 is 10.1 Å². The number of carbonyl (C=O) groups is 2. The molecule has 138 valence electrons. The zero-order chi connectivity index (χ0) is 19.4. The van der Waals surface area contributed by atoms with E-state index in [1.54, 1.807) is 26.0 Å². The monoisotopic (exact) mass is 385 g/mol. The molecule has 1 aromatic carbocycles. The number of amides is 1. The SMILES string of the molecule is CCOC(=O)c1ccnc(NC(=O)c2sc(-c3ccc(F)cc3)nc2C)c1. The van der Waals surface area contributed by atoms with E-state index >= 15 is 0 Å². The van der Waals surface area contributed by atoms with Gasteiger partial charge in [-0.25, -0.2) is 19.2 Å². The highest BCUT2D eigenvalue weighted by molar-refractivity contribution is 7.17. The van der Waals surface area contributed by atoms with Gasteiger partial charge in [0.2, 0.25) is 0 Å². The summed E-state index contributed by atoms with van der Waals surface area (Å²) in [6, 6.07) is 8.87. The number of carbonyl (C=O) groups excluding carboxylic acids is 2. The van der Waals surface area contributed by atoms with Crippen LogP contribution in [0, 0.1) is 12.7 Å². The molecule has 0 spiro atoms. The largest absolute Gasteiger partial charge is 0.462 e. The van der Waals surface area contributed by atoms with Crippen molar-refractivity contribution in [2.45, 2.75) is 13.8 Å². The number of anilines is 1. The van der Waals surface area contributed by atoms with Gasteiger partial charge in [-0.05, 0) is 50.2 Å². The molecule has 0 aliphatic rings. The van der Waals surface area contributed by atoms with E-state index in [0.717, 1.165) is 5.56 Å². The van der Waals surface area contributed by atoms with E-state index in [9.17, 15) is 14.0 Å². The number of pyridine rings is 1. The molecule has 27 heavy (non-hydrogen) atoms. The Morgan fingerprint density at radius 2 is 1.96 bits per heavy atom. The third-order valence-corrected chi connectivity index (χ3v) is 4.81. The molecule has 0 atom stereocenters. The first-order valence-corrected chi connectivity index (χ1v) is 8.97. The minimum atomic E-state index is -0.483. The predicted molar refractivity (Wildman–Crippen MR) is 100 cm³/mol. The first kappa shape index (κ1) is 18.7. The van der Waals surface area contributed by atoms with Crippen molar-refractivity contribution in [3.8, 4) is 10.6 Å². The summed E-state index contributed by atoms with van der Waals surface area (Å²) >= 11 is 1.20. The van der Waals surface area contributed by atoms with Crippen molar-refractivity contribution in [2.24, 2.45) is 0 Å². The number of halogens is 1. The summed E-state index contributed by atoms with van der Waals surface area (Å²) in [6.45, 7) is 3.70. The fourth-order valence-corrected chi connectivity index (χ4v) is 3.30. The Balaban J connectivity index is 1.80. The maximum atomic E-state index is 13.1. The van der Waals surface area contributed by atoms with Crippen molar-refractivity contribution in [1.82, 2.24) is 9.97 Å². The van der Waals surface area contributed by atoms with Crippen molar-refractivity contribution < 1.29 is 18.7 Å². The topological polar surface area (TPSA) is 81.2 Å². The van der Waals surface area contributed by atoms with Gasteiger partial charge in [0.05, 0.1) is 17.9 Å². The third-order valence-electron chi connectivity index (χ3n) is 3.61. The molecule has 8 heteroatoms. The van der Waals surface area contributed by atoms with Crippen LogP contribution in [-0.4, -0.2) is 28.5 Å². The molecule has 2 aromatic heterocycles. The minimum absolute atomic E-state index is 0.238. The molecule has 6 nitrogen and oxygen atoms in total. The lowest BCUT2D eigenvalue weighted by atomic mass is 10.2. The Labute approximate surface area is 159 Å². The smallest absolute Gasteiger partial charge is 0.338 e.